The minimum Gasteiger partial charge on any atom is -0.276 e. The molecule has 0 amide bonds. The van der Waals surface area contributed by atoms with Gasteiger partial charge < -0.3 is 0 Å². The van der Waals surface area contributed by atoms with Gasteiger partial charge in [-0.3, -0.25) is 10.1 Å². The Hall–Kier alpha value is -3.20. The van der Waals surface area contributed by atoms with Gasteiger partial charge in [-0.25, -0.2) is 0 Å². The molecule has 0 atom stereocenters. The Morgan fingerprint density at radius 2 is 1.69 bits per heavy atom. The first-order valence-corrected chi connectivity index (χ1v) is 12.6. The Bertz CT molecular complexity index is 1130. The number of nitrogens with one attached hydrogen (secondary N) is 1. The fraction of sp³-hybridized carbons (Fsp3) is 0.375. The zero-order valence-corrected chi connectivity index (χ0v) is 22.8. The minimum absolute atomic E-state index is 0.489. The van der Waals surface area contributed by atoms with Crippen molar-refractivity contribution in [3.63, 3.8) is 0 Å². The molecule has 2 aromatic heterocycles. The summed E-state index contributed by atoms with van der Waals surface area (Å²) in [4.78, 5) is 4.61. The van der Waals surface area contributed by atoms with E-state index in [9.17, 15) is 0 Å². The van der Waals surface area contributed by atoms with Gasteiger partial charge in [-0.1, -0.05) is 77.8 Å². The van der Waals surface area contributed by atoms with Gasteiger partial charge in [0, 0.05) is 11.3 Å². The molecule has 3 heteroatoms. The number of pyridine rings is 1. The lowest BCUT2D eigenvalue weighted by Crippen LogP contribution is -2.11. The summed E-state index contributed by atoms with van der Waals surface area (Å²) in [5, 5.41) is 7.29. The third-order valence-electron chi connectivity index (χ3n) is 6.18. The summed E-state index contributed by atoms with van der Waals surface area (Å²) in [6.45, 7) is 28.4. The molecule has 1 N–H and O–H groups in total. The summed E-state index contributed by atoms with van der Waals surface area (Å²) in [5.41, 5.74) is 8.96. The monoisotopic (exact) mass is 469 g/mol. The summed E-state index contributed by atoms with van der Waals surface area (Å²) >= 11 is 0. The highest BCUT2D eigenvalue weighted by Gasteiger charge is 2.18. The van der Waals surface area contributed by atoms with Gasteiger partial charge in [-0.05, 0) is 91.4 Å². The largest absolute Gasteiger partial charge is 0.276 e. The molecule has 3 nitrogen and oxygen atoms in total. The van der Waals surface area contributed by atoms with Crippen LogP contribution in [-0.4, -0.2) is 15.2 Å². The molecule has 0 unspecified atom stereocenters. The third-order valence-corrected chi connectivity index (χ3v) is 6.18. The number of rotatable bonds is 12. The van der Waals surface area contributed by atoms with Gasteiger partial charge in [-0.15, -0.1) is 0 Å². The lowest BCUT2D eigenvalue weighted by atomic mass is 9.81. The van der Waals surface area contributed by atoms with E-state index in [0.717, 1.165) is 52.2 Å². The molecule has 0 saturated carbocycles. The van der Waals surface area contributed by atoms with Crippen molar-refractivity contribution in [2.45, 2.75) is 61.3 Å². The van der Waals surface area contributed by atoms with Gasteiger partial charge in [0.25, 0.3) is 0 Å². The third kappa shape index (κ3) is 8.20. The maximum Gasteiger partial charge on any atom is 0.0912 e. The highest BCUT2D eigenvalue weighted by Crippen LogP contribution is 2.32. The van der Waals surface area contributed by atoms with Crippen LogP contribution in [0, 0.1) is 24.7 Å². The van der Waals surface area contributed by atoms with E-state index in [4.69, 9.17) is 0 Å². The predicted molar refractivity (Wildman–Crippen MR) is 153 cm³/mol. The van der Waals surface area contributed by atoms with Crippen molar-refractivity contribution >= 4 is 5.57 Å². The van der Waals surface area contributed by atoms with Crippen LogP contribution in [0.5, 0.6) is 0 Å². The van der Waals surface area contributed by atoms with Crippen molar-refractivity contribution in [1.82, 2.24) is 15.2 Å². The molecule has 2 aromatic rings. The van der Waals surface area contributed by atoms with E-state index in [0.29, 0.717) is 17.8 Å². The quantitative estimate of drug-likeness (QED) is 0.315. The van der Waals surface area contributed by atoms with Gasteiger partial charge in [0.2, 0.25) is 0 Å². The number of allylic oxidation sites excluding steroid dienone is 9. The second-order valence-electron chi connectivity index (χ2n) is 10.3. The van der Waals surface area contributed by atoms with Crippen molar-refractivity contribution in [2.75, 3.05) is 0 Å². The molecule has 186 valence electrons. The van der Waals surface area contributed by atoms with Crippen LogP contribution in [0.25, 0.3) is 17.0 Å². The van der Waals surface area contributed by atoms with E-state index in [-0.39, 0.29) is 0 Å². The number of hydrogen-bond donors (Lipinski definition) is 1. The molecule has 0 saturated heterocycles. The van der Waals surface area contributed by atoms with Crippen molar-refractivity contribution in [3.05, 3.63) is 102 Å². The van der Waals surface area contributed by atoms with Crippen LogP contribution in [0.3, 0.4) is 0 Å². The van der Waals surface area contributed by atoms with Crippen LogP contribution in [-0.2, 0) is 0 Å². The van der Waals surface area contributed by atoms with Crippen LogP contribution >= 0.6 is 0 Å². The first kappa shape index (κ1) is 28.0. The van der Waals surface area contributed by atoms with Crippen LogP contribution < -0.4 is 0 Å². The molecule has 2 rings (SSSR count). The standard InChI is InChI=1S/C32H43N3/c1-11-28(27(10)29(17-21(2)3)18-22(4)5)19-25(8)23(6)15-16-24(7)30-20-33-35-32(30)31-14-12-13-26(9)34-31/h11-16,19-22,29H,6-7,10,17-18H2,1-5,8-9H3,(H,33,35)/b16-15-,25-19-,28-11+. The zero-order valence-electron chi connectivity index (χ0n) is 22.8. The van der Waals surface area contributed by atoms with E-state index in [1.807, 2.05) is 37.3 Å². The molecule has 0 bridgehead atoms. The van der Waals surface area contributed by atoms with Crippen molar-refractivity contribution in [2.24, 2.45) is 17.8 Å². The number of aryl methyl sites for hydroxylation is 1. The Morgan fingerprint density at radius 1 is 1.03 bits per heavy atom. The minimum atomic E-state index is 0.489. The Labute approximate surface area is 213 Å². The second kappa shape index (κ2) is 13.0. The Balaban J connectivity index is 2.18. The molecular weight excluding hydrogens is 426 g/mol. The molecule has 0 radical (unpaired) electrons. The average molecular weight is 470 g/mol. The number of nitrogens with zero attached hydrogens (tertiary/aromatic N) is 2. The summed E-state index contributed by atoms with van der Waals surface area (Å²) in [7, 11) is 0. The van der Waals surface area contributed by atoms with Crippen LogP contribution in [0.1, 0.15) is 65.6 Å². The number of H-pyrrole nitrogens is 1. The summed E-state index contributed by atoms with van der Waals surface area (Å²) in [6, 6.07) is 5.95. The summed E-state index contributed by atoms with van der Waals surface area (Å²) < 4.78 is 0. The van der Waals surface area contributed by atoms with E-state index in [1.165, 1.54) is 11.1 Å². The highest BCUT2D eigenvalue weighted by molar-refractivity contribution is 5.81. The second-order valence-corrected chi connectivity index (χ2v) is 10.3. The van der Waals surface area contributed by atoms with Crippen molar-refractivity contribution < 1.29 is 0 Å². The first-order valence-electron chi connectivity index (χ1n) is 12.6. The molecule has 0 spiro atoms. The average Bonchev–Trinajstić information content (AvgIpc) is 3.29. The maximum absolute atomic E-state index is 4.61. The fourth-order valence-electron chi connectivity index (χ4n) is 4.27. The van der Waals surface area contributed by atoms with E-state index in [1.54, 1.807) is 6.20 Å². The predicted octanol–water partition coefficient (Wildman–Crippen LogP) is 9.06. The highest BCUT2D eigenvalue weighted by atomic mass is 15.1. The lowest BCUT2D eigenvalue weighted by molar-refractivity contribution is 0.389. The van der Waals surface area contributed by atoms with E-state index in [2.05, 4.69) is 88.6 Å². The molecule has 0 aliphatic heterocycles. The maximum atomic E-state index is 4.61. The number of aromatic nitrogens is 3. The molecule has 0 aromatic carbocycles. The Morgan fingerprint density at radius 3 is 2.26 bits per heavy atom. The van der Waals surface area contributed by atoms with Gasteiger partial charge in [0.05, 0.1) is 17.6 Å². The fourth-order valence-corrected chi connectivity index (χ4v) is 4.27. The van der Waals surface area contributed by atoms with Crippen LogP contribution in [0.4, 0.5) is 0 Å². The SMILES string of the molecule is C=C(/C=C\C(=C)c1cn[nH]c1-c1cccc(C)n1)/C(C)=C\C(=C/C)C(=C)C(CC(C)C)CC(C)C. The van der Waals surface area contributed by atoms with Crippen molar-refractivity contribution in [3.8, 4) is 11.4 Å². The number of hydrogen-bond acceptors (Lipinski definition) is 2. The zero-order chi connectivity index (χ0) is 26.1. The topological polar surface area (TPSA) is 41.6 Å². The first-order chi connectivity index (χ1) is 16.5. The van der Waals surface area contributed by atoms with E-state index >= 15 is 0 Å². The molecule has 0 aliphatic rings. The molecule has 35 heavy (non-hydrogen) atoms. The normalized spacial score (nSPS) is 12.9. The number of aromatic amines is 1. The van der Waals surface area contributed by atoms with Gasteiger partial charge in [0.15, 0.2) is 0 Å². The van der Waals surface area contributed by atoms with E-state index < -0.39 is 0 Å². The molecule has 2 heterocycles. The van der Waals surface area contributed by atoms with Crippen LogP contribution in [0.2, 0.25) is 0 Å². The van der Waals surface area contributed by atoms with Crippen LogP contribution in [0.15, 0.2) is 90.7 Å². The summed E-state index contributed by atoms with van der Waals surface area (Å²) in [5.74, 6) is 1.78. The van der Waals surface area contributed by atoms with Crippen molar-refractivity contribution in [1.29, 1.82) is 0 Å². The molecular formula is C32H43N3. The Kier molecular flexibility index (Phi) is 10.4. The van der Waals surface area contributed by atoms with Gasteiger partial charge in [0.1, 0.15) is 0 Å². The molecule has 0 aliphatic carbocycles. The lowest BCUT2D eigenvalue weighted by Gasteiger charge is -2.24. The smallest absolute Gasteiger partial charge is 0.0912 e. The summed E-state index contributed by atoms with van der Waals surface area (Å²) in [6.07, 6.45) is 12.5. The van der Waals surface area contributed by atoms with Gasteiger partial charge >= 0.3 is 0 Å². The van der Waals surface area contributed by atoms with Gasteiger partial charge in [-0.2, -0.15) is 5.10 Å². The molecule has 0 fully saturated rings.